The fourth-order valence-corrected chi connectivity index (χ4v) is 3.17. The van der Waals surface area contributed by atoms with E-state index in [1.807, 2.05) is 12.1 Å². The van der Waals surface area contributed by atoms with E-state index in [1.54, 1.807) is 6.07 Å². The normalized spacial score (nSPS) is 15.5. The summed E-state index contributed by atoms with van der Waals surface area (Å²) in [6, 6.07) is 11.2. The molecule has 1 N–H and O–H groups in total. The van der Waals surface area contributed by atoms with Crippen molar-refractivity contribution in [2.75, 3.05) is 0 Å². The topological polar surface area (TPSA) is 59.7 Å². The van der Waals surface area contributed by atoms with E-state index >= 15 is 0 Å². The van der Waals surface area contributed by atoms with Crippen LogP contribution in [0.25, 0.3) is 0 Å². The van der Waals surface area contributed by atoms with Crippen LogP contribution in [0.2, 0.25) is 0 Å². The molecule has 1 aromatic heterocycles. The van der Waals surface area contributed by atoms with E-state index in [9.17, 15) is 4.79 Å². The molecule has 2 aromatic rings. The van der Waals surface area contributed by atoms with Crippen LogP contribution in [-0.4, -0.2) is 11.1 Å². The van der Waals surface area contributed by atoms with Gasteiger partial charge in [0.2, 0.25) is 5.76 Å². The van der Waals surface area contributed by atoms with Gasteiger partial charge in [-0.3, -0.25) is 0 Å². The first-order valence-electron chi connectivity index (χ1n) is 8.24. The van der Waals surface area contributed by atoms with Gasteiger partial charge in [-0.1, -0.05) is 44.2 Å². The number of hydrogen-bond donors (Lipinski definition) is 1. The van der Waals surface area contributed by atoms with Crippen molar-refractivity contribution in [2.45, 2.75) is 45.1 Å². The molecular weight excluding hydrogens is 292 g/mol. The summed E-state index contributed by atoms with van der Waals surface area (Å²) >= 11 is 0. The Morgan fingerprint density at radius 3 is 2.48 bits per heavy atom. The molecule has 0 unspecified atom stereocenters. The van der Waals surface area contributed by atoms with Crippen LogP contribution in [0, 0.1) is 5.92 Å². The predicted molar refractivity (Wildman–Crippen MR) is 86.7 cm³/mol. The highest BCUT2D eigenvalue weighted by molar-refractivity contribution is 5.84. The van der Waals surface area contributed by atoms with E-state index in [0.717, 1.165) is 18.1 Å². The van der Waals surface area contributed by atoms with Crippen molar-refractivity contribution in [3.63, 3.8) is 0 Å². The minimum atomic E-state index is -1.07. The number of carboxylic acids is 1. The maximum Gasteiger partial charge on any atom is 0.371 e. The quantitative estimate of drug-likeness (QED) is 0.841. The van der Waals surface area contributed by atoms with E-state index in [2.05, 4.69) is 12.1 Å². The van der Waals surface area contributed by atoms with E-state index < -0.39 is 5.97 Å². The van der Waals surface area contributed by atoms with Crippen LogP contribution in [0.5, 0.6) is 5.75 Å². The highest BCUT2D eigenvalue weighted by atomic mass is 16.5. The van der Waals surface area contributed by atoms with E-state index in [-0.39, 0.29) is 12.4 Å². The fourth-order valence-electron chi connectivity index (χ4n) is 3.17. The van der Waals surface area contributed by atoms with E-state index in [4.69, 9.17) is 14.3 Å². The van der Waals surface area contributed by atoms with Crippen molar-refractivity contribution in [3.05, 3.63) is 53.5 Å². The summed E-state index contributed by atoms with van der Waals surface area (Å²) in [5.74, 6) is 0.974. The molecule has 23 heavy (non-hydrogen) atoms. The number of benzene rings is 1. The van der Waals surface area contributed by atoms with Gasteiger partial charge in [0.15, 0.2) is 0 Å². The summed E-state index contributed by atoms with van der Waals surface area (Å²) < 4.78 is 10.8. The molecular formula is C19H22O4. The highest BCUT2D eigenvalue weighted by Crippen LogP contribution is 2.27. The number of hydrogen-bond acceptors (Lipinski definition) is 3. The Morgan fingerprint density at radius 2 is 1.83 bits per heavy atom. The van der Waals surface area contributed by atoms with Crippen LogP contribution in [0.3, 0.4) is 0 Å². The predicted octanol–water partition coefficient (Wildman–Crippen LogP) is 4.68. The third kappa shape index (κ3) is 4.38. The lowest BCUT2D eigenvalue weighted by atomic mass is 9.85. The number of furan rings is 1. The summed E-state index contributed by atoms with van der Waals surface area (Å²) in [4.78, 5) is 10.8. The van der Waals surface area contributed by atoms with Crippen LogP contribution in [0.4, 0.5) is 0 Å². The summed E-state index contributed by atoms with van der Waals surface area (Å²) in [6.45, 7) is 0.231. The first-order valence-corrected chi connectivity index (χ1v) is 8.24. The molecule has 1 aliphatic carbocycles. The molecule has 0 spiro atoms. The second-order valence-corrected chi connectivity index (χ2v) is 6.21. The molecule has 0 radical (unpaired) electrons. The minimum Gasteiger partial charge on any atom is -0.486 e. The van der Waals surface area contributed by atoms with Crippen LogP contribution >= 0.6 is 0 Å². The average molecular weight is 314 g/mol. The van der Waals surface area contributed by atoms with Crippen LogP contribution in [0.1, 0.15) is 54.0 Å². The molecule has 0 bridgehead atoms. The summed E-state index contributed by atoms with van der Waals surface area (Å²) in [6.07, 6.45) is 7.98. The molecule has 122 valence electrons. The number of carbonyl (C=O) groups is 1. The number of ether oxygens (including phenoxy) is 1. The maximum atomic E-state index is 10.8. The van der Waals surface area contributed by atoms with Crippen molar-refractivity contribution in [1.82, 2.24) is 0 Å². The lowest BCUT2D eigenvalue weighted by molar-refractivity contribution is 0.0658. The van der Waals surface area contributed by atoms with Crippen LogP contribution in [-0.2, 0) is 13.0 Å². The van der Waals surface area contributed by atoms with Gasteiger partial charge in [0.05, 0.1) is 0 Å². The van der Waals surface area contributed by atoms with Gasteiger partial charge in [-0.2, -0.15) is 0 Å². The molecule has 0 atom stereocenters. The molecule has 1 aliphatic rings. The van der Waals surface area contributed by atoms with Gasteiger partial charge in [0.1, 0.15) is 18.1 Å². The Hall–Kier alpha value is -2.23. The molecule has 0 aliphatic heterocycles. The average Bonchev–Trinajstić information content (AvgIpc) is 3.04. The van der Waals surface area contributed by atoms with Gasteiger partial charge in [-0.25, -0.2) is 4.79 Å². The first-order chi connectivity index (χ1) is 11.2. The zero-order valence-electron chi connectivity index (χ0n) is 13.2. The molecule has 1 heterocycles. The largest absolute Gasteiger partial charge is 0.486 e. The number of aromatic carboxylic acids is 1. The molecule has 4 heteroatoms. The Kier molecular flexibility index (Phi) is 5.01. The second-order valence-electron chi connectivity index (χ2n) is 6.21. The van der Waals surface area contributed by atoms with E-state index in [1.165, 1.54) is 43.7 Å². The zero-order chi connectivity index (χ0) is 16.1. The van der Waals surface area contributed by atoms with Crippen molar-refractivity contribution >= 4 is 5.97 Å². The van der Waals surface area contributed by atoms with E-state index in [0.29, 0.717) is 5.76 Å². The Labute approximate surface area is 136 Å². The Morgan fingerprint density at radius 1 is 1.09 bits per heavy atom. The molecule has 1 saturated carbocycles. The minimum absolute atomic E-state index is 0.0635. The molecule has 3 rings (SSSR count). The standard InChI is InChI=1S/C19H22O4/c20-19(21)18-11-10-17(23-18)13-22-16-8-6-15(7-9-16)12-14-4-2-1-3-5-14/h6-11,14H,1-5,12-13H2,(H,20,21). The molecule has 4 nitrogen and oxygen atoms in total. The van der Waals surface area contributed by atoms with Crippen molar-refractivity contribution in [1.29, 1.82) is 0 Å². The van der Waals surface area contributed by atoms with Crippen molar-refractivity contribution in [3.8, 4) is 5.75 Å². The van der Waals surface area contributed by atoms with Crippen molar-refractivity contribution < 1.29 is 19.1 Å². The summed E-state index contributed by atoms with van der Waals surface area (Å²) in [5, 5.41) is 8.81. The second kappa shape index (κ2) is 7.36. The van der Waals surface area contributed by atoms with Gasteiger partial charge >= 0.3 is 5.97 Å². The Balaban J connectivity index is 1.51. The summed E-state index contributed by atoms with van der Waals surface area (Å²) in [7, 11) is 0. The smallest absolute Gasteiger partial charge is 0.371 e. The first kappa shape index (κ1) is 15.7. The van der Waals surface area contributed by atoms with Gasteiger partial charge < -0.3 is 14.3 Å². The molecule has 1 aromatic carbocycles. The molecule has 1 fully saturated rings. The van der Waals surface area contributed by atoms with Crippen LogP contribution in [0.15, 0.2) is 40.8 Å². The number of rotatable bonds is 6. The fraction of sp³-hybridized carbons (Fsp3) is 0.421. The summed E-state index contributed by atoms with van der Waals surface area (Å²) in [5.41, 5.74) is 1.36. The maximum absolute atomic E-state index is 10.8. The van der Waals surface area contributed by atoms with Gasteiger partial charge in [0, 0.05) is 0 Å². The Bertz CT molecular complexity index is 636. The lowest BCUT2D eigenvalue weighted by Gasteiger charge is -2.21. The molecule has 0 amide bonds. The van der Waals surface area contributed by atoms with Gasteiger partial charge in [0.25, 0.3) is 0 Å². The monoisotopic (exact) mass is 314 g/mol. The number of carboxylic acid groups (broad SMARTS) is 1. The SMILES string of the molecule is O=C(O)c1ccc(COc2ccc(CC3CCCCC3)cc2)o1. The van der Waals surface area contributed by atoms with Crippen LogP contribution < -0.4 is 4.74 Å². The zero-order valence-corrected chi connectivity index (χ0v) is 13.2. The van der Waals surface area contributed by atoms with Crippen molar-refractivity contribution in [2.24, 2.45) is 5.92 Å². The van der Waals surface area contributed by atoms with Gasteiger partial charge in [-0.15, -0.1) is 0 Å². The molecule has 0 saturated heterocycles. The lowest BCUT2D eigenvalue weighted by Crippen LogP contribution is -2.09. The third-order valence-corrected chi connectivity index (χ3v) is 4.43. The van der Waals surface area contributed by atoms with Gasteiger partial charge in [-0.05, 0) is 42.2 Å². The third-order valence-electron chi connectivity index (χ3n) is 4.43. The highest BCUT2D eigenvalue weighted by Gasteiger charge is 2.14.